The van der Waals surface area contributed by atoms with Crippen molar-refractivity contribution in [2.45, 2.75) is 50.8 Å². The fraction of sp³-hybridized carbons (Fsp3) is 0.481. The Morgan fingerprint density at radius 1 is 1.07 bits per heavy atom. The molecule has 1 saturated heterocycles. The van der Waals surface area contributed by atoms with Crippen LogP contribution >= 0.6 is 0 Å². The van der Waals surface area contributed by atoms with Gasteiger partial charge in [-0.15, -0.1) is 0 Å². The van der Waals surface area contributed by atoms with Gasteiger partial charge in [0.15, 0.2) is 23.0 Å². The number of benzene rings is 1. The van der Waals surface area contributed by atoms with Gasteiger partial charge in [0.2, 0.25) is 11.7 Å². The number of ether oxygens (including phenoxy) is 3. The number of hydrogen-bond donors (Lipinski definition) is 3. The summed E-state index contributed by atoms with van der Waals surface area (Å²) in [6.45, 7) is 2.80. The number of aryl methyl sites for hydroxylation is 1. The zero-order valence-corrected chi connectivity index (χ0v) is 23.0. The number of imidazole rings is 1. The Labute approximate surface area is 231 Å². The van der Waals surface area contributed by atoms with Gasteiger partial charge in [-0.2, -0.15) is 15.1 Å². The van der Waals surface area contributed by atoms with Crippen LogP contribution in [-0.4, -0.2) is 86.1 Å². The van der Waals surface area contributed by atoms with Crippen LogP contribution in [0.4, 0.5) is 17.6 Å². The number of fused-ring (bicyclic) bond motifs is 1. The van der Waals surface area contributed by atoms with Gasteiger partial charge in [0.1, 0.15) is 12.1 Å². The third kappa shape index (κ3) is 4.44. The van der Waals surface area contributed by atoms with Crippen LogP contribution < -0.4 is 24.4 Å². The van der Waals surface area contributed by atoms with E-state index in [2.05, 4.69) is 15.2 Å². The maximum atomic E-state index is 10.0. The molecule has 13 heteroatoms. The van der Waals surface area contributed by atoms with Gasteiger partial charge in [-0.1, -0.05) is 0 Å². The maximum absolute atomic E-state index is 10.0. The minimum atomic E-state index is -0.319. The third-order valence-electron chi connectivity index (χ3n) is 7.77. The predicted molar refractivity (Wildman–Crippen MR) is 148 cm³/mol. The molecule has 1 saturated carbocycles. The minimum absolute atomic E-state index is 0.0153. The number of nitrogens with one attached hydrogen (secondary N) is 1. The molecule has 1 aromatic carbocycles. The first-order valence-electron chi connectivity index (χ1n) is 13.4. The quantitative estimate of drug-likeness (QED) is 0.283. The Balaban J connectivity index is 1.38. The third-order valence-corrected chi connectivity index (χ3v) is 7.77. The van der Waals surface area contributed by atoms with Crippen LogP contribution in [-0.2, 0) is 0 Å². The van der Waals surface area contributed by atoms with Crippen molar-refractivity contribution >= 4 is 28.6 Å². The Kier molecular flexibility index (Phi) is 6.84. The summed E-state index contributed by atoms with van der Waals surface area (Å²) in [5.41, 5.74) is 2.30. The lowest BCUT2D eigenvalue weighted by Crippen LogP contribution is -2.33. The molecule has 0 spiro atoms. The van der Waals surface area contributed by atoms with E-state index in [1.165, 1.54) is 0 Å². The molecular weight excluding hydrogens is 516 g/mol. The van der Waals surface area contributed by atoms with Crippen LogP contribution in [0.25, 0.3) is 16.7 Å². The van der Waals surface area contributed by atoms with Crippen LogP contribution in [0.3, 0.4) is 0 Å². The number of aliphatic hydroxyl groups excluding tert-OH is 2. The van der Waals surface area contributed by atoms with E-state index in [-0.39, 0.29) is 24.8 Å². The molecule has 3 aromatic heterocycles. The van der Waals surface area contributed by atoms with Crippen molar-refractivity contribution in [3.05, 3.63) is 30.4 Å². The Morgan fingerprint density at radius 2 is 1.82 bits per heavy atom. The van der Waals surface area contributed by atoms with Crippen LogP contribution in [0.15, 0.2) is 24.7 Å². The number of aliphatic hydroxyl groups is 2. The molecular formula is C27H34N8O5. The van der Waals surface area contributed by atoms with E-state index in [1.54, 1.807) is 27.7 Å². The van der Waals surface area contributed by atoms with Crippen molar-refractivity contribution in [1.82, 2.24) is 29.3 Å². The molecule has 13 nitrogen and oxygen atoms in total. The van der Waals surface area contributed by atoms with Crippen molar-refractivity contribution in [2.24, 2.45) is 0 Å². The molecule has 1 aliphatic carbocycles. The summed E-state index contributed by atoms with van der Waals surface area (Å²) < 4.78 is 20.2. The van der Waals surface area contributed by atoms with Gasteiger partial charge < -0.3 is 39.2 Å². The molecule has 3 N–H and O–H groups in total. The van der Waals surface area contributed by atoms with Gasteiger partial charge in [0, 0.05) is 18.7 Å². The second kappa shape index (κ2) is 10.5. The largest absolute Gasteiger partial charge is 0.493 e. The van der Waals surface area contributed by atoms with Crippen LogP contribution in [0, 0.1) is 6.92 Å². The van der Waals surface area contributed by atoms with Crippen molar-refractivity contribution < 1.29 is 24.4 Å². The van der Waals surface area contributed by atoms with Crippen molar-refractivity contribution in [3.8, 4) is 22.9 Å². The predicted octanol–water partition coefficient (Wildman–Crippen LogP) is 2.75. The van der Waals surface area contributed by atoms with Crippen molar-refractivity contribution in [2.75, 3.05) is 44.7 Å². The number of hydrogen-bond acceptors (Lipinski definition) is 11. The highest BCUT2D eigenvalue weighted by atomic mass is 16.5. The lowest BCUT2D eigenvalue weighted by atomic mass is 9.90. The second-order valence-corrected chi connectivity index (χ2v) is 10.2. The Hall–Kier alpha value is -4.10. The van der Waals surface area contributed by atoms with Crippen LogP contribution in [0.1, 0.15) is 37.4 Å². The van der Waals surface area contributed by atoms with Gasteiger partial charge >= 0.3 is 0 Å². The number of anilines is 3. The van der Waals surface area contributed by atoms with E-state index in [1.807, 2.05) is 34.5 Å². The summed E-state index contributed by atoms with van der Waals surface area (Å²) in [5, 5.41) is 28.9. The summed E-state index contributed by atoms with van der Waals surface area (Å²) in [7, 11) is 4.72. The molecule has 0 unspecified atom stereocenters. The first-order chi connectivity index (χ1) is 19.4. The van der Waals surface area contributed by atoms with E-state index in [9.17, 15) is 10.2 Å². The maximum Gasteiger partial charge on any atom is 0.232 e. The zero-order chi connectivity index (χ0) is 28.0. The first kappa shape index (κ1) is 26.1. The molecule has 0 radical (unpaired) electrons. The monoisotopic (exact) mass is 550 g/mol. The average molecular weight is 551 g/mol. The van der Waals surface area contributed by atoms with Gasteiger partial charge in [-0.3, -0.25) is 0 Å². The normalized spacial score (nSPS) is 20.6. The Morgan fingerprint density at radius 3 is 2.48 bits per heavy atom. The average Bonchev–Trinajstić information content (AvgIpc) is 3.69. The molecule has 2 fully saturated rings. The highest BCUT2D eigenvalue weighted by molar-refractivity contribution is 5.91. The van der Waals surface area contributed by atoms with E-state index >= 15 is 0 Å². The SMILES string of the molecule is COc1cc(-n2cnc(Nc3nc(N4CCC[C@H]4CO)c4c(C)nn([C@H]5C[C@H](O)C5)c4n3)c2)cc(OC)c1OC. The molecule has 0 amide bonds. The van der Waals surface area contributed by atoms with Gasteiger partial charge in [-0.25, -0.2) is 9.67 Å². The summed E-state index contributed by atoms with van der Waals surface area (Å²) in [5.74, 6) is 3.25. The zero-order valence-electron chi connectivity index (χ0n) is 23.0. The number of aromatic nitrogens is 6. The molecule has 0 bridgehead atoms. The highest BCUT2D eigenvalue weighted by Crippen LogP contribution is 2.40. The Bertz CT molecular complexity index is 1500. The fourth-order valence-corrected chi connectivity index (χ4v) is 5.63. The lowest BCUT2D eigenvalue weighted by molar-refractivity contribution is 0.0449. The first-order valence-corrected chi connectivity index (χ1v) is 13.4. The molecule has 1 atom stereocenters. The minimum Gasteiger partial charge on any atom is -0.493 e. The van der Waals surface area contributed by atoms with Gasteiger partial charge in [-0.05, 0) is 32.6 Å². The second-order valence-electron chi connectivity index (χ2n) is 10.2. The topological polar surface area (TPSA) is 145 Å². The summed E-state index contributed by atoms with van der Waals surface area (Å²) in [6.07, 6.45) is 6.33. The van der Waals surface area contributed by atoms with Crippen molar-refractivity contribution in [3.63, 3.8) is 0 Å². The van der Waals surface area contributed by atoms with Crippen molar-refractivity contribution in [1.29, 1.82) is 0 Å². The molecule has 6 rings (SSSR count). The summed E-state index contributed by atoms with van der Waals surface area (Å²) in [6, 6.07) is 3.74. The molecule has 4 aromatic rings. The van der Waals surface area contributed by atoms with Crippen LogP contribution in [0.2, 0.25) is 0 Å². The highest BCUT2D eigenvalue weighted by Gasteiger charge is 2.34. The van der Waals surface area contributed by atoms with E-state index in [4.69, 9.17) is 29.3 Å². The fourth-order valence-electron chi connectivity index (χ4n) is 5.63. The van der Waals surface area contributed by atoms with Gasteiger partial charge in [0.25, 0.3) is 0 Å². The molecule has 212 valence electrons. The number of rotatable bonds is 9. The van der Waals surface area contributed by atoms with Crippen LogP contribution in [0.5, 0.6) is 17.2 Å². The molecule has 1 aliphatic heterocycles. The number of methoxy groups -OCH3 is 3. The molecule has 2 aliphatic rings. The summed E-state index contributed by atoms with van der Waals surface area (Å²) >= 11 is 0. The lowest BCUT2D eigenvalue weighted by Gasteiger charge is -2.31. The van der Waals surface area contributed by atoms with E-state index in [0.29, 0.717) is 47.5 Å². The van der Waals surface area contributed by atoms with E-state index in [0.717, 1.165) is 42.0 Å². The van der Waals surface area contributed by atoms with Gasteiger partial charge in [0.05, 0.1) is 69.1 Å². The number of nitrogens with zero attached hydrogens (tertiary/aromatic N) is 7. The molecule has 40 heavy (non-hydrogen) atoms. The van der Waals surface area contributed by atoms with E-state index < -0.39 is 0 Å². The molecule has 4 heterocycles. The standard InChI is InChI=1S/C27H34N8O5/c1-15-23-25(34-7-5-6-16(34)13-36)30-27(31-26(23)35(32-15)18-8-19(37)9-18)29-22-12-33(14-28-22)17-10-20(38-2)24(40-4)21(11-17)39-3/h10-12,14,16,18-19,36-37H,5-9,13H2,1-4H3,(H,29,30,31)/t16-,18-,19-/m0/s1. The smallest absolute Gasteiger partial charge is 0.232 e. The summed E-state index contributed by atoms with van der Waals surface area (Å²) in [4.78, 5) is 16.5.